The maximum absolute atomic E-state index is 5.82. The fourth-order valence-electron chi connectivity index (χ4n) is 4.67. The van der Waals surface area contributed by atoms with Gasteiger partial charge in [0.15, 0.2) is 11.5 Å². The first kappa shape index (κ1) is 20.5. The summed E-state index contributed by atoms with van der Waals surface area (Å²) in [4.78, 5) is 9.85. The molecular weight excluding hydrogens is 446 g/mol. The van der Waals surface area contributed by atoms with Gasteiger partial charge in [0, 0.05) is 41.6 Å². The zero-order valence-electron chi connectivity index (χ0n) is 19.3. The van der Waals surface area contributed by atoms with E-state index in [1.807, 2.05) is 69.9 Å². The lowest BCUT2D eigenvalue weighted by molar-refractivity contribution is 1.07. The first-order valence-corrected chi connectivity index (χ1v) is 11.8. The molecule has 0 aliphatic rings. The summed E-state index contributed by atoms with van der Waals surface area (Å²) in [6.07, 6.45) is 5.91. The predicted octanol–water partition coefficient (Wildman–Crippen LogP) is 5.38. The molecule has 0 fully saturated rings. The van der Waals surface area contributed by atoms with E-state index >= 15 is 0 Å². The summed E-state index contributed by atoms with van der Waals surface area (Å²) < 4.78 is 3.96. The van der Waals surface area contributed by atoms with Crippen LogP contribution in [0.1, 0.15) is 5.56 Å². The fourth-order valence-corrected chi connectivity index (χ4v) is 4.67. The number of pyridine rings is 3. The molecule has 0 radical (unpaired) electrons. The van der Waals surface area contributed by atoms with E-state index in [2.05, 4.69) is 52.7 Å². The molecule has 0 aliphatic heterocycles. The van der Waals surface area contributed by atoms with Gasteiger partial charge in [-0.1, -0.05) is 60.7 Å². The monoisotopic (exact) mass is 467 g/mol. The normalized spacial score (nSPS) is 11.6. The van der Waals surface area contributed by atoms with Crippen LogP contribution in [0.3, 0.4) is 0 Å². The summed E-state index contributed by atoms with van der Waals surface area (Å²) in [5, 5.41) is 10.0. The van der Waals surface area contributed by atoms with Gasteiger partial charge in [-0.3, -0.25) is 4.40 Å². The molecule has 7 aromatic rings. The summed E-state index contributed by atoms with van der Waals surface area (Å²) in [5.41, 5.74) is 14.2. The summed E-state index contributed by atoms with van der Waals surface area (Å²) in [5.74, 6) is 0.693. The number of benzene rings is 2. The summed E-state index contributed by atoms with van der Waals surface area (Å²) >= 11 is 0. The Bertz CT molecular complexity index is 1830. The minimum Gasteiger partial charge on any atom is -0.326 e. The van der Waals surface area contributed by atoms with Crippen LogP contribution in [0.5, 0.6) is 0 Å². The van der Waals surface area contributed by atoms with Crippen LogP contribution in [0.2, 0.25) is 0 Å². The Hall–Kier alpha value is -4.88. The number of nitrogens with zero attached hydrogens (tertiary/aromatic N) is 6. The van der Waals surface area contributed by atoms with Crippen LogP contribution in [0.4, 0.5) is 0 Å². The van der Waals surface area contributed by atoms with E-state index in [1.54, 1.807) is 0 Å². The van der Waals surface area contributed by atoms with Gasteiger partial charge in [-0.25, -0.2) is 9.97 Å². The highest BCUT2D eigenvalue weighted by Crippen LogP contribution is 2.35. The highest BCUT2D eigenvalue weighted by molar-refractivity contribution is 5.98. The molecule has 7 heteroatoms. The van der Waals surface area contributed by atoms with Crippen LogP contribution in [-0.2, 0) is 6.54 Å². The molecule has 0 aliphatic carbocycles. The third kappa shape index (κ3) is 3.25. The molecule has 0 atom stereocenters. The smallest absolute Gasteiger partial charge is 0.188 e. The molecule has 0 spiro atoms. The molecule has 36 heavy (non-hydrogen) atoms. The molecule has 0 amide bonds. The number of rotatable bonds is 4. The van der Waals surface area contributed by atoms with Crippen molar-refractivity contribution < 1.29 is 0 Å². The maximum atomic E-state index is 5.82. The zero-order chi connectivity index (χ0) is 24.1. The average molecular weight is 468 g/mol. The summed E-state index contributed by atoms with van der Waals surface area (Å²) in [6, 6.07) is 28.7. The van der Waals surface area contributed by atoms with Crippen molar-refractivity contribution in [1.82, 2.24) is 29.0 Å². The van der Waals surface area contributed by atoms with Crippen molar-refractivity contribution in [3.05, 3.63) is 109 Å². The van der Waals surface area contributed by atoms with Crippen LogP contribution < -0.4 is 5.73 Å². The van der Waals surface area contributed by atoms with Gasteiger partial charge in [-0.2, -0.15) is 0 Å². The molecule has 0 saturated heterocycles. The van der Waals surface area contributed by atoms with Crippen molar-refractivity contribution in [3.8, 4) is 33.9 Å². The lowest BCUT2D eigenvalue weighted by Crippen LogP contribution is -1.97. The summed E-state index contributed by atoms with van der Waals surface area (Å²) in [7, 11) is 0. The molecule has 0 unspecified atom stereocenters. The molecular formula is C29H21N7. The van der Waals surface area contributed by atoms with Gasteiger partial charge in [-0.15, -0.1) is 10.2 Å². The lowest BCUT2D eigenvalue weighted by atomic mass is 9.97. The second kappa shape index (κ2) is 8.11. The highest BCUT2D eigenvalue weighted by atomic mass is 15.3. The third-order valence-electron chi connectivity index (χ3n) is 6.51. The largest absolute Gasteiger partial charge is 0.326 e. The molecule has 7 rings (SSSR count). The maximum Gasteiger partial charge on any atom is 0.188 e. The van der Waals surface area contributed by atoms with E-state index in [-0.39, 0.29) is 0 Å². The van der Waals surface area contributed by atoms with Gasteiger partial charge in [0.05, 0.1) is 11.2 Å². The Labute approximate surface area is 206 Å². The molecule has 5 heterocycles. The van der Waals surface area contributed by atoms with Gasteiger partial charge in [0.25, 0.3) is 0 Å². The Morgan fingerprint density at radius 2 is 1.58 bits per heavy atom. The van der Waals surface area contributed by atoms with Crippen LogP contribution >= 0.6 is 0 Å². The van der Waals surface area contributed by atoms with Crippen molar-refractivity contribution >= 4 is 22.2 Å². The Balaban J connectivity index is 1.46. The first-order valence-electron chi connectivity index (χ1n) is 11.8. The number of hydrogen-bond acceptors (Lipinski definition) is 5. The van der Waals surface area contributed by atoms with Gasteiger partial charge >= 0.3 is 0 Å². The summed E-state index contributed by atoms with van der Waals surface area (Å²) in [6.45, 7) is 0.510. The topological polar surface area (TPSA) is 86.4 Å². The van der Waals surface area contributed by atoms with Gasteiger partial charge in [0.1, 0.15) is 11.3 Å². The number of fused-ring (bicyclic) bond motifs is 4. The fraction of sp³-hybridized carbons (Fsp3) is 0.0345. The second-order valence-corrected chi connectivity index (χ2v) is 8.71. The van der Waals surface area contributed by atoms with Crippen LogP contribution in [-0.4, -0.2) is 29.0 Å². The molecule has 2 N–H and O–H groups in total. The predicted molar refractivity (Wildman–Crippen MR) is 141 cm³/mol. The first-order chi connectivity index (χ1) is 17.8. The van der Waals surface area contributed by atoms with E-state index in [1.165, 1.54) is 0 Å². The number of imidazole rings is 1. The van der Waals surface area contributed by atoms with E-state index in [0.29, 0.717) is 12.4 Å². The van der Waals surface area contributed by atoms with Crippen LogP contribution in [0, 0.1) is 0 Å². The Morgan fingerprint density at radius 1 is 0.750 bits per heavy atom. The number of hydrogen-bond donors (Lipinski definition) is 1. The SMILES string of the molecule is NCc1ccc(-c2nc3ccn4c(-c5cn6ccccc6n5)nnc4c3cc2-c2ccccc2)cc1. The highest BCUT2D eigenvalue weighted by Gasteiger charge is 2.17. The number of nitrogens with two attached hydrogens (primary N) is 1. The van der Waals surface area contributed by atoms with Crippen molar-refractivity contribution in [2.75, 3.05) is 0 Å². The number of aromatic nitrogens is 6. The second-order valence-electron chi connectivity index (χ2n) is 8.71. The van der Waals surface area contributed by atoms with E-state index in [4.69, 9.17) is 15.7 Å². The standard InChI is InChI=1S/C29H21N7/c30-17-19-9-11-21(12-10-19)27-22(20-6-2-1-3-7-20)16-23-24(32-27)13-15-36-28(23)33-34-29(36)25-18-35-14-5-4-8-26(35)31-25/h1-16,18H,17,30H2. The van der Waals surface area contributed by atoms with Crippen molar-refractivity contribution in [2.24, 2.45) is 5.73 Å². The molecule has 0 saturated carbocycles. The zero-order valence-corrected chi connectivity index (χ0v) is 19.3. The minimum atomic E-state index is 0.510. The lowest BCUT2D eigenvalue weighted by Gasteiger charge is -2.12. The van der Waals surface area contributed by atoms with E-state index < -0.39 is 0 Å². The quantitative estimate of drug-likeness (QED) is 0.375. The third-order valence-corrected chi connectivity index (χ3v) is 6.51. The Kier molecular flexibility index (Phi) is 4.62. The van der Waals surface area contributed by atoms with Crippen molar-refractivity contribution in [2.45, 2.75) is 6.54 Å². The Morgan fingerprint density at radius 3 is 2.39 bits per heavy atom. The molecule has 5 aromatic heterocycles. The molecule has 2 aromatic carbocycles. The van der Waals surface area contributed by atoms with Gasteiger partial charge in [0.2, 0.25) is 0 Å². The van der Waals surface area contributed by atoms with Crippen molar-refractivity contribution in [3.63, 3.8) is 0 Å². The van der Waals surface area contributed by atoms with Gasteiger partial charge < -0.3 is 10.1 Å². The van der Waals surface area contributed by atoms with E-state index in [9.17, 15) is 0 Å². The van der Waals surface area contributed by atoms with Crippen LogP contribution in [0.25, 0.3) is 56.1 Å². The average Bonchev–Trinajstić information content (AvgIpc) is 3.57. The van der Waals surface area contributed by atoms with E-state index in [0.717, 1.165) is 55.8 Å². The van der Waals surface area contributed by atoms with Crippen LogP contribution in [0.15, 0.2) is 104 Å². The minimum absolute atomic E-state index is 0.510. The molecule has 172 valence electrons. The van der Waals surface area contributed by atoms with Gasteiger partial charge in [-0.05, 0) is 35.4 Å². The molecule has 7 nitrogen and oxygen atoms in total. The van der Waals surface area contributed by atoms with Crippen molar-refractivity contribution in [1.29, 1.82) is 0 Å². The molecule has 0 bridgehead atoms.